The molecule has 0 aromatic heterocycles. The highest BCUT2D eigenvalue weighted by atomic mass is 14.9. The Morgan fingerprint density at radius 2 is 2.00 bits per heavy atom. The van der Waals surface area contributed by atoms with E-state index in [0.717, 1.165) is 25.4 Å². The molecule has 0 saturated heterocycles. The zero-order valence-electron chi connectivity index (χ0n) is 9.86. The predicted octanol–water partition coefficient (Wildman–Crippen LogP) is 1.95. The van der Waals surface area contributed by atoms with Crippen molar-refractivity contribution in [1.82, 2.24) is 5.32 Å². The first-order valence-electron chi connectivity index (χ1n) is 6.35. The van der Waals surface area contributed by atoms with Crippen molar-refractivity contribution in [2.24, 2.45) is 11.7 Å². The van der Waals surface area contributed by atoms with Gasteiger partial charge in [-0.3, -0.25) is 0 Å². The normalized spacial score (nSPS) is 17.3. The third kappa shape index (κ3) is 4.33. The Morgan fingerprint density at radius 1 is 1.25 bits per heavy atom. The summed E-state index contributed by atoms with van der Waals surface area (Å²) in [4.78, 5) is 0. The quantitative estimate of drug-likeness (QED) is 0.686. The van der Waals surface area contributed by atoms with Crippen molar-refractivity contribution in [3.8, 4) is 0 Å². The molecule has 1 fully saturated rings. The molecule has 88 valence electrons. The van der Waals surface area contributed by atoms with E-state index in [1.54, 1.807) is 0 Å². The van der Waals surface area contributed by atoms with E-state index in [-0.39, 0.29) is 6.04 Å². The summed E-state index contributed by atoms with van der Waals surface area (Å²) in [5.74, 6) is 1.01. The molecule has 0 bridgehead atoms. The van der Waals surface area contributed by atoms with E-state index in [2.05, 4.69) is 29.6 Å². The minimum atomic E-state index is 0.238. The smallest absolute Gasteiger partial charge is 0.0206 e. The number of hydrogen-bond acceptors (Lipinski definition) is 2. The van der Waals surface area contributed by atoms with Crippen molar-refractivity contribution in [3.05, 3.63) is 35.9 Å². The summed E-state index contributed by atoms with van der Waals surface area (Å²) in [7, 11) is 0. The van der Waals surface area contributed by atoms with Gasteiger partial charge in [0.2, 0.25) is 0 Å². The fourth-order valence-electron chi connectivity index (χ4n) is 1.99. The molecule has 1 unspecified atom stereocenters. The molecule has 0 amide bonds. The lowest BCUT2D eigenvalue weighted by Crippen LogP contribution is -2.36. The van der Waals surface area contributed by atoms with Gasteiger partial charge in [-0.15, -0.1) is 0 Å². The van der Waals surface area contributed by atoms with Crippen LogP contribution in [0.4, 0.5) is 0 Å². The van der Waals surface area contributed by atoms with E-state index >= 15 is 0 Å². The Balaban J connectivity index is 1.58. The van der Waals surface area contributed by atoms with Gasteiger partial charge in [0.15, 0.2) is 0 Å². The van der Waals surface area contributed by atoms with E-state index in [1.807, 2.05) is 6.07 Å². The molecule has 1 aliphatic carbocycles. The first-order valence-corrected chi connectivity index (χ1v) is 6.35. The molecule has 2 heteroatoms. The minimum Gasteiger partial charge on any atom is -0.326 e. The first-order chi connectivity index (χ1) is 7.84. The molecule has 1 aromatic rings. The van der Waals surface area contributed by atoms with Crippen LogP contribution in [0.15, 0.2) is 30.3 Å². The van der Waals surface area contributed by atoms with Crippen LogP contribution < -0.4 is 11.1 Å². The van der Waals surface area contributed by atoms with Crippen molar-refractivity contribution >= 4 is 0 Å². The highest BCUT2D eigenvalue weighted by molar-refractivity contribution is 5.15. The number of hydrogen-bond donors (Lipinski definition) is 2. The number of rotatable bonds is 7. The molecule has 1 saturated carbocycles. The van der Waals surface area contributed by atoms with Gasteiger partial charge in [-0.25, -0.2) is 0 Å². The Morgan fingerprint density at radius 3 is 2.69 bits per heavy atom. The molecule has 1 aliphatic rings. The van der Waals surface area contributed by atoms with Crippen molar-refractivity contribution in [3.63, 3.8) is 0 Å². The van der Waals surface area contributed by atoms with Crippen LogP contribution in [0.2, 0.25) is 0 Å². The SMILES string of the molecule is NC(CNCCC1CC1)Cc1ccccc1. The molecule has 0 aliphatic heterocycles. The Hall–Kier alpha value is -0.860. The summed E-state index contributed by atoms with van der Waals surface area (Å²) in [5, 5.41) is 3.45. The van der Waals surface area contributed by atoms with E-state index in [1.165, 1.54) is 24.8 Å². The third-order valence-electron chi connectivity index (χ3n) is 3.17. The maximum Gasteiger partial charge on any atom is 0.0206 e. The van der Waals surface area contributed by atoms with Crippen molar-refractivity contribution < 1.29 is 0 Å². The lowest BCUT2D eigenvalue weighted by Gasteiger charge is -2.12. The van der Waals surface area contributed by atoms with Crippen LogP contribution in [0.25, 0.3) is 0 Å². The average Bonchev–Trinajstić information content (AvgIpc) is 3.10. The Bertz CT molecular complexity index is 293. The fraction of sp³-hybridized carbons (Fsp3) is 0.571. The van der Waals surface area contributed by atoms with Gasteiger partial charge in [-0.2, -0.15) is 0 Å². The monoisotopic (exact) mass is 218 g/mol. The summed E-state index contributed by atoms with van der Waals surface area (Å²) >= 11 is 0. The minimum absolute atomic E-state index is 0.238. The second-order valence-electron chi connectivity index (χ2n) is 4.89. The van der Waals surface area contributed by atoms with E-state index < -0.39 is 0 Å². The van der Waals surface area contributed by atoms with Crippen LogP contribution in [-0.4, -0.2) is 19.1 Å². The first kappa shape index (κ1) is 11.6. The lowest BCUT2D eigenvalue weighted by atomic mass is 10.1. The van der Waals surface area contributed by atoms with Gasteiger partial charge in [0.1, 0.15) is 0 Å². The highest BCUT2D eigenvalue weighted by Crippen LogP contribution is 2.31. The van der Waals surface area contributed by atoms with Gasteiger partial charge in [0.05, 0.1) is 0 Å². The maximum absolute atomic E-state index is 6.08. The Labute approximate surface area is 98.2 Å². The number of benzene rings is 1. The van der Waals surface area contributed by atoms with Crippen LogP contribution in [0.1, 0.15) is 24.8 Å². The van der Waals surface area contributed by atoms with Crippen molar-refractivity contribution in [2.75, 3.05) is 13.1 Å². The highest BCUT2D eigenvalue weighted by Gasteiger charge is 2.20. The predicted molar refractivity (Wildman–Crippen MR) is 68.3 cm³/mol. The van der Waals surface area contributed by atoms with E-state index in [4.69, 9.17) is 5.73 Å². The topological polar surface area (TPSA) is 38.0 Å². The molecule has 0 radical (unpaired) electrons. The fourth-order valence-corrected chi connectivity index (χ4v) is 1.99. The second kappa shape index (κ2) is 6.02. The van der Waals surface area contributed by atoms with Gasteiger partial charge in [0, 0.05) is 12.6 Å². The van der Waals surface area contributed by atoms with Crippen LogP contribution in [0.5, 0.6) is 0 Å². The second-order valence-corrected chi connectivity index (χ2v) is 4.89. The molecule has 2 rings (SSSR count). The summed E-state index contributed by atoms with van der Waals surface area (Å²) in [6.07, 6.45) is 5.19. The van der Waals surface area contributed by atoms with Crippen molar-refractivity contribution in [2.45, 2.75) is 31.7 Å². The van der Waals surface area contributed by atoms with Gasteiger partial charge in [-0.05, 0) is 30.9 Å². The van der Waals surface area contributed by atoms with Crippen molar-refractivity contribution in [1.29, 1.82) is 0 Å². The van der Waals surface area contributed by atoms with Crippen LogP contribution >= 0.6 is 0 Å². The largest absolute Gasteiger partial charge is 0.326 e. The summed E-state index contributed by atoms with van der Waals surface area (Å²) < 4.78 is 0. The zero-order valence-corrected chi connectivity index (χ0v) is 9.86. The average molecular weight is 218 g/mol. The molecule has 2 nitrogen and oxygen atoms in total. The van der Waals surface area contributed by atoms with Gasteiger partial charge < -0.3 is 11.1 Å². The summed E-state index contributed by atoms with van der Waals surface area (Å²) in [6, 6.07) is 10.7. The van der Waals surface area contributed by atoms with Gasteiger partial charge >= 0.3 is 0 Å². The van der Waals surface area contributed by atoms with Gasteiger partial charge in [0.25, 0.3) is 0 Å². The molecule has 3 N–H and O–H groups in total. The Kier molecular flexibility index (Phi) is 4.37. The van der Waals surface area contributed by atoms with E-state index in [0.29, 0.717) is 0 Å². The van der Waals surface area contributed by atoms with E-state index in [9.17, 15) is 0 Å². The summed E-state index contributed by atoms with van der Waals surface area (Å²) in [6.45, 7) is 2.06. The zero-order chi connectivity index (χ0) is 11.2. The molecule has 1 aromatic carbocycles. The number of nitrogens with one attached hydrogen (secondary N) is 1. The van der Waals surface area contributed by atoms with Gasteiger partial charge in [-0.1, -0.05) is 43.2 Å². The molecule has 0 heterocycles. The molecular formula is C14H22N2. The standard InChI is InChI=1S/C14H22N2/c15-14(10-13-4-2-1-3-5-13)11-16-9-8-12-6-7-12/h1-5,12,14,16H,6-11,15H2. The maximum atomic E-state index is 6.08. The number of nitrogens with two attached hydrogens (primary N) is 1. The molecule has 0 spiro atoms. The van der Waals surface area contributed by atoms with Crippen LogP contribution in [0, 0.1) is 5.92 Å². The lowest BCUT2D eigenvalue weighted by molar-refractivity contribution is 0.548. The van der Waals surface area contributed by atoms with Crippen LogP contribution in [0.3, 0.4) is 0 Å². The van der Waals surface area contributed by atoms with Crippen LogP contribution in [-0.2, 0) is 6.42 Å². The third-order valence-corrected chi connectivity index (χ3v) is 3.17. The molecule has 1 atom stereocenters. The molecule has 16 heavy (non-hydrogen) atoms. The summed E-state index contributed by atoms with van der Waals surface area (Å²) in [5.41, 5.74) is 7.41. The molecular weight excluding hydrogens is 196 g/mol.